The van der Waals surface area contributed by atoms with Crippen LogP contribution >= 0.6 is 11.3 Å². The van der Waals surface area contributed by atoms with Crippen molar-refractivity contribution in [1.29, 1.82) is 0 Å². The Labute approximate surface area is 248 Å². The number of carbonyl (C=O) groups is 2. The van der Waals surface area contributed by atoms with E-state index in [4.69, 9.17) is 13.9 Å². The highest BCUT2D eigenvalue weighted by Crippen LogP contribution is 2.14. The fourth-order valence-electron chi connectivity index (χ4n) is 4.06. The lowest BCUT2D eigenvalue weighted by molar-refractivity contribution is 0.0402. The van der Waals surface area contributed by atoms with E-state index >= 15 is 0 Å². The van der Waals surface area contributed by atoms with Gasteiger partial charge in [0.2, 0.25) is 0 Å². The maximum atomic E-state index is 12.8. The molecule has 2 atom stereocenters. The number of thiazole rings is 1. The van der Waals surface area contributed by atoms with Crippen LogP contribution in [0.2, 0.25) is 0 Å². The number of nitrogens with one attached hydrogen (secondary N) is 2. The minimum absolute atomic E-state index is 0.0158. The summed E-state index contributed by atoms with van der Waals surface area (Å²) in [5.41, 5.74) is 6.69. The van der Waals surface area contributed by atoms with Gasteiger partial charge in [0.25, 0.3) is 0 Å². The Bertz CT molecular complexity index is 1370. The largest absolute Gasteiger partial charge is 0.448 e. The molecule has 2 amide bonds. The molecule has 2 aromatic heterocycles. The molecule has 0 bridgehead atoms. The highest BCUT2D eigenvalue weighted by atomic mass is 32.1. The van der Waals surface area contributed by atoms with Gasteiger partial charge in [-0.05, 0) is 17.5 Å². The number of aromatic nitrogens is 2. The lowest BCUT2D eigenvalue weighted by atomic mass is 10.0. The second kappa shape index (κ2) is 15.7. The van der Waals surface area contributed by atoms with Crippen LogP contribution in [0.3, 0.4) is 0 Å². The number of aliphatic hydroxyl groups excluding tert-OH is 1. The van der Waals surface area contributed by atoms with E-state index in [-0.39, 0.29) is 32.2 Å². The Morgan fingerprint density at radius 3 is 2.33 bits per heavy atom. The summed E-state index contributed by atoms with van der Waals surface area (Å²) in [4.78, 5) is 34.6. The molecule has 4 aromatic rings. The van der Waals surface area contributed by atoms with E-state index in [1.54, 1.807) is 16.7 Å². The first-order valence-electron chi connectivity index (χ1n) is 13.5. The van der Waals surface area contributed by atoms with E-state index in [2.05, 4.69) is 20.7 Å². The lowest BCUT2D eigenvalue weighted by Gasteiger charge is -2.30. The van der Waals surface area contributed by atoms with Gasteiger partial charge < -0.3 is 24.3 Å². The number of amides is 2. The number of hydrazine groups is 1. The van der Waals surface area contributed by atoms with Crippen LogP contribution in [0.4, 0.5) is 9.59 Å². The average molecular weight is 594 g/mol. The van der Waals surface area contributed by atoms with Crippen molar-refractivity contribution in [1.82, 2.24) is 25.7 Å². The van der Waals surface area contributed by atoms with Crippen molar-refractivity contribution in [2.24, 2.45) is 0 Å². The molecule has 0 aliphatic heterocycles. The molecule has 2 unspecified atom stereocenters. The smallest absolute Gasteiger partial charge is 0.422 e. The molecule has 2 heterocycles. The van der Waals surface area contributed by atoms with Crippen LogP contribution in [-0.4, -0.2) is 51.0 Å². The predicted octanol–water partition coefficient (Wildman–Crippen LogP) is 4.80. The molecule has 12 heteroatoms. The predicted molar refractivity (Wildman–Crippen MR) is 156 cm³/mol. The van der Waals surface area contributed by atoms with Crippen molar-refractivity contribution in [2.75, 3.05) is 6.54 Å². The Balaban J connectivity index is 1.42. The first-order valence-corrected chi connectivity index (χ1v) is 14.4. The van der Waals surface area contributed by atoms with E-state index in [9.17, 15) is 14.7 Å². The van der Waals surface area contributed by atoms with Crippen LogP contribution in [-0.2, 0) is 35.7 Å². The van der Waals surface area contributed by atoms with Gasteiger partial charge in [0.05, 0.1) is 22.5 Å². The number of carbonyl (C=O) groups excluding carboxylic acids is 2. The Hall–Kier alpha value is -4.26. The van der Waals surface area contributed by atoms with Crippen LogP contribution in [0.25, 0.3) is 0 Å². The van der Waals surface area contributed by atoms with Gasteiger partial charge in [-0.2, -0.15) is 0 Å². The van der Waals surface area contributed by atoms with Gasteiger partial charge >= 0.3 is 12.2 Å². The molecule has 4 rings (SSSR count). The van der Waals surface area contributed by atoms with Crippen LogP contribution in [0.5, 0.6) is 0 Å². The third kappa shape index (κ3) is 9.98. The number of aliphatic hydroxyl groups is 1. The van der Waals surface area contributed by atoms with E-state index in [1.165, 1.54) is 17.6 Å². The molecule has 0 spiro atoms. The average Bonchev–Trinajstić information content (AvgIpc) is 3.68. The number of nitrogens with zero attached hydrogens (tertiary/aromatic N) is 3. The first kappa shape index (κ1) is 30.7. The number of hydrogen-bond acceptors (Lipinski definition) is 10. The molecule has 0 aliphatic carbocycles. The highest BCUT2D eigenvalue weighted by molar-refractivity contribution is 7.09. The first-order chi connectivity index (χ1) is 20.4. The number of alkyl carbamates (subject to hydrolysis) is 1. The number of rotatable bonds is 14. The summed E-state index contributed by atoms with van der Waals surface area (Å²) in [6.07, 6.45) is 0.955. The zero-order valence-electron chi connectivity index (χ0n) is 23.5. The van der Waals surface area contributed by atoms with Gasteiger partial charge in [-0.25, -0.2) is 19.6 Å². The molecule has 11 nitrogen and oxygen atoms in total. The fourth-order valence-corrected chi connectivity index (χ4v) is 4.56. The second-order valence-corrected chi connectivity index (χ2v) is 10.9. The summed E-state index contributed by atoms with van der Waals surface area (Å²) in [5, 5.41) is 15.7. The van der Waals surface area contributed by atoms with E-state index in [0.717, 1.165) is 16.0 Å². The van der Waals surface area contributed by atoms with Gasteiger partial charge in [-0.3, -0.25) is 10.4 Å². The molecule has 2 aromatic carbocycles. The quantitative estimate of drug-likeness (QED) is 0.176. The highest BCUT2D eigenvalue weighted by Gasteiger charge is 2.26. The summed E-state index contributed by atoms with van der Waals surface area (Å²) in [6, 6.07) is 18.3. The molecule has 0 saturated heterocycles. The topological polar surface area (TPSA) is 139 Å². The van der Waals surface area contributed by atoms with Gasteiger partial charge in [-0.1, -0.05) is 74.5 Å². The molecule has 42 heavy (non-hydrogen) atoms. The second-order valence-electron chi connectivity index (χ2n) is 9.94. The monoisotopic (exact) mass is 593 g/mol. The van der Waals surface area contributed by atoms with Crippen molar-refractivity contribution >= 4 is 23.5 Å². The van der Waals surface area contributed by atoms with E-state index in [0.29, 0.717) is 18.0 Å². The van der Waals surface area contributed by atoms with Crippen LogP contribution < -0.4 is 10.7 Å². The summed E-state index contributed by atoms with van der Waals surface area (Å²) < 4.78 is 16.1. The van der Waals surface area contributed by atoms with Crippen molar-refractivity contribution in [3.63, 3.8) is 0 Å². The van der Waals surface area contributed by atoms with Crippen LogP contribution in [0, 0.1) is 0 Å². The lowest BCUT2D eigenvalue weighted by Crippen LogP contribution is -2.53. The van der Waals surface area contributed by atoms with Crippen LogP contribution in [0.15, 0.2) is 83.1 Å². The summed E-state index contributed by atoms with van der Waals surface area (Å²) in [7, 11) is 0. The maximum absolute atomic E-state index is 12.8. The third-order valence-electron chi connectivity index (χ3n) is 6.18. The number of ether oxygens (including phenoxy) is 2. The molecule has 3 N–H and O–H groups in total. The Kier molecular flexibility index (Phi) is 11.4. The number of benzene rings is 2. The van der Waals surface area contributed by atoms with Crippen LogP contribution in [0.1, 0.15) is 47.4 Å². The molecular formula is C30H35N5O6S. The van der Waals surface area contributed by atoms with E-state index in [1.807, 2.05) is 74.5 Å². The molecule has 0 saturated carbocycles. The number of oxazole rings is 1. The Morgan fingerprint density at radius 1 is 1.00 bits per heavy atom. The standard InChI is InChI=1S/C30H35N5O6S/c1-21(2)28-32-24(17-39-28)18-40-30(38)34-35(15-23-11-7-4-8-12-23)16-27(36)26(13-22-9-5-3-6-10-22)33-29(37)41-19-25-14-31-20-42-25/h3-12,14,17,20-21,26-27,36H,13,15-16,18-19H2,1-2H3,(H,33,37)(H,34,38). The normalized spacial score (nSPS) is 12.6. The molecular weight excluding hydrogens is 558 g/mol. The summed E-state index contributed by atoms with van der Waals surface area (Å²) in [6.45, 7) is 4.17. The Morgan fingerprint density at radius 2 is 1.69 bits per heavy atom. The van der Waals surface area contributed by atoms with Crippen molar-refractivity contribution in [2.45, 2.75) is 58.1 Å². The minimum Gasteiger partial charge on any atom is -0.448 e. The SMILES string of the molecule is CC(C)c1nc(COC(=O)NN(Cc2ccccc2)CC(O)C(Cc2ccccc2)NC(=O)OCc2cncs2)co1. The van der Waals surface area contributed by atoms with Crippen molar-refractivity contribution < 1.29 is 28.6 Å². The minimum atomic E-state index is -1.09. The summed E-state index contributed by atoms with van der Waals surface area (Å²) >= 11 is 1.38. The zero-order chi connectivity index (χ0) is 29.7. The third-order valence-corrected chi connectivity index (χ3v) is 6.94. The molecule has 0 aliphatic rings. The van der Waals surface area contributed by atoms with Gasteiger partial charge in [-0.15, -0.1) is 11.3 Å². The molecule has 0 radical (unpaired) electrons. The van der Waals surface area contributed by atoms with Crippen molar-refractivity contribution in [3.8, 4) is 0 Å². The van der Waals surface area contributed by atoms with Gasteiger partial charge in [0.1, 0.15) is 25.2 Å². The molecule has 222 valence electrons. The molecule has 0 fully saturated rings. The van der Waals surface area contributed by atoms with Gasteiger partial charge in [0, 0.05) is 25.2 Å². The van der Waals surface area contributed by atoms with Gasteiger partial charge in [0.15, 0.2) is 5.89 Å². The zero-order valence-corrected chi connectivity index (χ0v) is 24.3. The maximum Gasteiger partial charge on any atom is 0.422 e. The summed E-state index contributed by atoms with van der Waals surface area (Å²) in [5.74, 6) is 0.670. The number of hydrogen-bond donors (Lipinski definition) is 3. The van der Waals surface area contributed by atoms with Crippen molar-refractivity contribution in [3.05, 3.63) is 106 Å². The van der Waals surface area contributed by atoms with E-state index < -0.39 is 24.3 Å². The fraction of sp³-hybridized carbons (Fsp3) is 0.333.